The van der Waals surface area contributed by atoms with E-state index in [1.54, 1.807) is 5.01 Å². The summed E-state index contributed by atoms with van der Waals surface area (Å²) < 4.78 is 0. The van der Waals surface area contributed by atoms with Crippen LogP contribution >= 0.6 is 0 Å². The number of carbonyl (C=O) groups is 1. The van der Waals surface area contributed by atoms with Crippen LogP contribution in [-0.2, 0) is 17.8 Å². The molecule has 1 unspecified atom stereocenters. The molecule has 3 aromatic carbocycles. The number of hydrogen-bond donors (Lipinski definition) is 0. The normalized spacial score (nSPS) is 18.2. The molecule has 168 valence electrons. The summed E-state index contributed by atoms with van der Waals surface area (Å²) in [5.74, 6) is 0.0717. The maximum Gasteiger partial charge on any atom is 0.257 e. The summed E-state index contributed by atoms with van der Waals surface area (Å²) in [6.07, 6.45) is 1.73. The first-order valence-electron chi connectivity index (χ1n) is 11.8. The highest BCUT2D eigenvalue weighted by Gasteiger charge is 2.35. The zero-order chi connectivity index (χ0) is 22.9. The monoisotopic (exact) mass is 437 g/mol. The first kappa shape index (κ1) is 21.6. The SMILES string of the molecule is Cc1ccc(C2=NN(C(=O)CN3CCc4ccccc4C3)C(c3ccccc3C)C2)c(C)c1. The largest absolute Gasteiger partial charge is 0.290 e. The summed E-state index contributed by atoms with van der Waals surface area (Å²) in [5.41, 5.74) is 9.69. The second kappa shape index (κ2) is 8.95. The van der Waals surface area contributed by atoms with E-state index in [9.17, 15) is 4.79 Å². The minimum atomic E-state index is -0.0634. The fourth-order valence-electron chi connectivity index (χ4n) is 5.20. The predicted octanol–water partition coefficient (Wildman–Crippen LogP) is 5.35. The van der Waals surface area contributed by atoms with E-state index in [1.807, 2.05) is 0 Å². The van der Waals surface area contributed by atoms with Crippen molar-refractivity contribution in [2.24, 2.45) is 5.10 Å². The van der Waals surface area contributed by atoms with Gasteiger partial charge in [0.15, 0.2) is 0 Å². The topological polar surface area (TPSA) is 35.9 Å². The molecular formula is C29H31N3O. The molecule has 2 heterocycles. The van der Waals surface area contributed by atoms with Crippen LogP contribution in [0.5, 0.6) is 0 Å². The molecule has 0 saturated heterocycles. The second-order valence-corrected chi connectivity index (χ2v) is 9.41. The summed E-state index contributed by atoms with van der Waals surface area (Å²) in [6, 6.07) is 23.3. The molecule has 0 radical (unpaired) electrons. The van der Waals surface area contributed by atoms with E-state index in [-0.39, 0.29) is 11.9 Å². The third-order valence-electron chi connectivity index (χ3n) is 6.97. The molecule has 4 heteroatoms. The van der Waals surface area contributed by atoms with Crippen LogP contribution in [0.4, 0.5) is 0 Å². The van der Waals surface area contributed by atoms with E-state index in [1.165, 1.54) is 33.4 Å². The van der Waals surface area contributed by atoms with E-state index < -0.39 is 0 Å². The van der Waals surface area contributed by atoms with Crippen molar-refractivity contribution in [3.63, 3.8) is 0 Å². The van der Waals surface area contributed by atoms with Crippen molar-refractivity contribution in [1.82, 2.24) is 9.91 Å². The second-order valence-electron chi connectivity index (χ2n) is 9.41. The van der Waals surface area contributed by atoms with Crippen molar-refractivity contribution in [2.75, 3.05) is 13.1 Å². The molecule has 2 aliphatic rings. The smallest absolute Gasteiger partial charge is 0.257 e. The molecule has 0 aromatic heterocycles. The lowest BCUT2D eigenvalue weighted by molar-refractivity contribution is -0.134. The van der Waals surface area contributed by atoms with Gasteiger partial charge in [-0.25, -0.2) is 5.01 Å². The van der Waals surface area contributed by atoms with Crippen LogP contribution in [0.3, 0.4) is 0 Å². The average Bonchev–Trinajstić information content (AvgIpc) is 3.24. The standard InChI is InChI=1S/C29H31N3O/c1-20-12-13-25(22(3)16-20)27-17-28(26-11-7-4-8-21(26)2)32(30-27)29(33)19-31-15-14-23-9-5-6-10-24(23)18-31/h4-13,16,28H,14-15,17-19H2,1-3H3. The Labute approximate surface area is 196 Å². The number of carbonyl (C=O) groups excluding carboxylic acids is 1. The highest BCUT2D eigenvalue weighted by atomic mass is 16.2. The zero-order valence-corrected chi connectivity index (χ0v) is 19.7. The summed E-state index contributed by atoms with van der Waals surface area (Å²) in [7, 11) is 0. The van der Waals surface area contributed by atoms with Gasteiger partial charge in [0.2, 0.25) is 0 Å². The summed E-state index contributed by atoms with van der Waals surface area (Å²) in [5, 5.41) is 6.69. The molecule has 1 atom stereocenters. The Morgan fingerprint density at radius 3 is 2.48 bits per heavy atom. The molecule has 0 spiro atoms. The molecule has 33 heavy (non-hydrogen) atoms. The van der Waals surface area contributed by atoms with Crippen molar-refractivity contribution in [3.05, 3.63) is 106 Å². The fraction of sp³-hybridized carbons (Fsp3) is 0.310. The van der Waals surface area contributed by atoms with E-state index in [0.717, 1.165) is 37.2 Å². The lowest BCUT2D eigenvalue weighted by atomic mass is 9.93. The predicted molar refractivity (Wildman–Crippen MR) is 133 cm³/mol. The van der Waals surface area contributed by atoms with Crippen LogP contribution in [-0.4, -0.2) is 34.6 Å². The van der Waals surface area contributed by atoms with Crippen LogP contribution in [0.15, 0.2) is 71.8 Å². The Hall–Kier alpha value is -3.24. The summed E-state index contributed by atoms with van der Waals surface area (Å²) in [4.78, 5) is 15.9. The number of fused-ring (bicyclic) bond motifs is 1. The van der Waals surface area contributed by atoms with Gasteiger partial charge in [-0.2, -0.15) is 5.10 Å². The number of amides is 1. The van der Waals surface area contributed by atoms with Crippen LogP contribution in [0.1, 0.15) is 51.4 Å². The van der Waals surface area contributed by atoms with E-state index in [4.69, 9.17) is 5.10 Å². The molecule has 0 fully saturated rings. The van der Waals surface area contributed by atoms with Crippen molar-refractivity contribution in [2.45, 2.75) is 46.2 Å². The third-order valence-corrected chi connectivity index (χ3v) is 6.97. The highest BCUT2D eigenvalue weighted by molar-refractivity contribution is 6.04. The quantitative estimate of drug-likeness (QED) is 0.552. The Morgan fingerprint density at radius 1 is 0.939 bits per heavy atom. The van der Waals surface area contributed by atoms with Crippen LogP contribution in [0, 0.1) is 20.8 Å². The van der Waals surface area contributed by atoms with Crippen molar-refractivity contribution in [3.8, 4) is 0 Å². The molecule has 4 nitrogen and oxygen atoms in total. The minimum absolute atomic E-state index is 0.0634. The van der Waals surface area contributed by atoms with Crippen molar-refractivity contribution in [1.29, 1.82) is 0 Å². The molecule has 3 aromatic rings. The van der Waals surface area contributed by atoms with Gasteiger partial charge in [-0.05, 0) is 55.0 Å². The van der Waals surface area contributed by atoms with Gasteiger partial charge in [0, 0.05) is 25.1 Å². The number of hydrogen-bond acceptors (Lipinski definition) is 3. The highest BCUT2D eigenvalue weighted by Crippen LogP contribution is 2.35. The van der Waals surface area contributed by atoms with E-state index >= 15 is 0 Å². The van der Waals surface area contributed by atoms with Gasteiger partial charge in [-0.3, -0.25) is 9.69 Å². The van der Waals surface area contributed by atoms with Gasteiger partial charge < -0.3 is 0 Å². The summed E-state index contributed by atoms with van der Waals surface area (Å²) in [6.45, 7) is 8.46. The molecule has 0 saturated carbocycles. The number of benzene rings is 3. The number of rotatable bonds is 4. The third kappa shape index (κ3) is 4.36. The van der Waals surface area contributed by atoms with Crippen LogP contribution in [0.25, 0.3) is 0 Å². The molecule has 0 N–H and O–H groups in total. The van der Waals surface area contributed by atoms with Gasteiger partial charge in [0.05, 0.1) is 18.3 Å². The van der Waals surface area contributed by atoms with Crippen molar-refractivity contribution < 1.29 is 4.79 Å². The van der Waals surface area contributed by atoms with E-state index in [2.05, 4.69) is 92.4 Å². The molecule has 5 rings (SSSR count). The fourth-order valence-corrected chi connectivity index (χ4v) is 5.20. The Bertz CT molecular complexity index is 1230. The summed E-state index contributed by atoms with van der Waals surface area (Å²) >= 11 is 0. The molecule has 0 bridgehead atoms. The van der Waals surface area contributed by atoms with E-state index in [0.29, 0.717) is 6.54 Å². The molecule has 0 aliphatic carbocycles. The zero-order valence-electron chi connectivity index (χ0n) is 19.7. The van der Waals surface area contributed by atoms with Crippen LogP contribution in [0.2, 0.25) is 0 Å². The molecule has 1 amide bonds. The maximum absolute atomic E-state index is 13.6. The first-order chi connectivity index (χ1) is 16.0. The Kier molecular flexibility index (Phi) is 5.86. The van der Waals surface area contributed by atoms with Crippen LogP contribution < -0.4 is 0 Å². The Balaban J connectivity index is 1.43. The minimum Gasteiger partial charge on any atom is -0.290 e. The first-order valence-corrected chi connectivity index (χ1v) is 11.8. The average molecular weight is 438 g/mol. The number of nitrogens with zero attached hydrogens (tertiary/aromatic N) is 3. The van der Waals surface area contributed by atoms with Gasteiger partial charge in [0.25, 0.3) is 5.91 Å². The maximum atomic E-state index is 13.6. The van der Waals surface area contributed by atoms with Crippen molar-refractivity contribution >= 4 is 11.6 Å². The molecular weight excluding hydrogens is 406 g/mol. The van der Waals surface area contributed by atoms with Gasteiger partial charge in [0.1, 0.15) is 0 Å². The van der Waals surface area contributed by atoms with Gasteiger partial charge in [-0.1, -0.05) is 72.3 Å². The Morgan fingerprint density at radius 2 is 1.70 bits per heavy atom. The lowest BCUT2D eigenvalue weighted by Gasteiger charge is -2.30. The molecule has 2 aliphatic heterocycles. The number of aryl methyl sites for hydroxylation is 3. The van der Waals surface area contributed by atoms with Gasteiger partial charge >= 0.3 is 0 Å². The number of hydrazone groups is 1. The van der Waals surface area contributed by atoms with Gasteiger partial charge in [-0.15, -0.1) is 0 Å². The lowest BCUT2D eigenvalue weighted by Crippen LogP contribution is -2.40.